The van der Waals surface area contributed by atoms with Crippen molar-refractivity contribution in [1.82, 2.24) is 4.98 Å². The van der Waals surface area contributed by atoms with Gasteiger partial charge in [0.05, 0.1) is 13.7 Å². The van der Waals surface area contributed by atoms with Crippen LogP contribution in [0, 0.1) is 19.7 Å². The van der Waals surface area contributed by atoms with Crippen LogP contribution in [0.25, 0.3) is 11.3 Å². The molecule has 172 valence electrons. The maximum absolute atomic E-state index is 13.7. The number of hydrogen-bond donors (Lipinski definition) is 1. The van der Waals surface area contributed by atoms with Gasteiger partial charge in [0.1, 0.15) is 35.3 Å². The molecule has 1 heterocycles. The van der Waals surface area contributed by atoms with E-state index >= 15 is 0 Å². The fourth-order valence-corrected chi connectivity index (χ4v) is 3.41. The summed E-state index contributed by atoms with van der Waals surface area (Å²) in [4.78, 5) is 29.8. The number of Topliss-reactive ketones (excluding diaryl/α,β-unsaturated/α-hetero) is 2. The summed E-state index contributed by atoms with van der Waals surface area (Å²) in [6.45, 7) is 3.55. The molecule has 1 aromatic heterocycles. The van der Waals surface area contributed by atoms with Crippen molar-refractivity contribution in [1.29, 1.82) is 0 Å². The molecular weight excluding hydrogens is 425 g/mol. The Kier molecular flexibility index (Phi) is 7.90. The first-order valence-corrected chi connectivity index (χ1v) is 10.6. The van der Waals surface area contributed by atoms with Crippen molar-refractivity contribution < 1.29 is 28.6 Å². The Balaban J connectivity index is 1.73. The molecule has 7 heteroatoms. The molecule has 0 spiro atoms. The normalized spacial score (nSPS) is 10.7. The summed E-state index contributed by atoms with van der Waals surface area (Å²) in [7, 11) is 1.50. The highest BCUT2D eigenvalue weighted by Crippen LogP contribution is 2.30. The molecule has 0 aliphatic heterocycles. The quantitative estimate of drug-likeness (QED) is 0.449. The second-order valence-electron chi connectivity index (χ2n) is 7.61. The fraction of sp³-hybridized carbons (Fsp3) is 0.269. The van der Waals surface area contributed by atoms with Crippen LogP contribution in [0.3, 0.4) is 0 Å². The minimum absolute atomic E-state index is 0.00184. The van der Waals surface area contributed by atoms with Crippen molar-refractivity contribution >= 4 is 11.6 Å². The van der Waals surface area contributed by atoms with E-state index in [-0.39, 0.29) is 49.1 Å². The van der Waals surface area contributed by atoms with E-state index in [0.717, 1.165) is 5.56 Å². The number of benzene rings is 2. The van der Waals surface area contributed by atoms with Crippen LogP contribution < -0.4 is 9.47 Å². The standard InChI is InChI=1S/C26H26FNO5/c1-16-14-19(4-6-20(16)27)26-25(32-3)11-7-21(28-26)23(31)9-8-22(30)18-5-10-24(17(2)15-18)33-13-12-29/h4-7,10-11,14-15,29H,8-9,12-13H2,1-3H3. The van der Waals surface area contributed by atoms with E-state index in [1.165, 1.54) is 13.2 Å². The van der Waals surface area contributed by atoms with Gasteiger partial charge in [-0.3, -0.25) is 9.59 Å². The number of nitrogens with zero attached hydrogens (tertiary/aromatic N) is 1. The smallest absolute Gasteiger partial charge is 0.181 e. The lowest BCUT2D eigenvalue weighted by Crippen LogP contribution is -2.08. The molecule has 6 nitrogen and oxygen atoms in total. The largest absolute Gasteiger partial charge is 0.494 e. The number of carbonyl (C=O) groups is 2. The Morgan fingerprint density at radius 2 is 1.67 bits per heavy atom. The Morgan fingerprint density at radius 1 is 0.939 bits per heavy atom. The van der Waals surface area contributed by atoms with E-state index in [2.05, 4.69) is 4.98 Å². The minimum Gasteiger partial charge on any atom is -0.494 e. The lowest BCUT2D eigenvalue weighted by molar-refractivity contribution is 0.0915. The van der Waals surface area contributed by atoms with Crippen molar-refractivity contribution in [3.63, 3.8) is 0 Å². The second kappa shape index (κ2) is 10.8. The van der Waals surface area contributed by atoms with Crippen molar-refractivity contribution in [2.75, 3.05) is 20.3 Å². The van der Waals surface area contributed by atoms with Gasteiger partial charge in [0.2, 0.25) is 0 Å². The first-order chi connectivity index (χ1) is 15.8. The highest BCUT2D eigenvalue weighted by Gasteiger charge is 2.17. The van der Waals surface area contributed by atoms with Crippen LogP contribution in [0.1, 0.15) is 44.8 Å². The molecule has 0 saturated heterocycles. The third-order valence-electron chi connectivity index (χ3n) is 5.22. The molecule has 0 radical (unpaired) electrons. The zero-order chi connectivity index (χ0) is 24.0. The molecule has 0 aliphatic rings. The number of ketones is 2. The van der Waals surface area contributed by atoms with E-state index in [0.29, 0.717) is 33.9 Å². The number of pyridine rings is 1. The molecule has 3 rings (SSSR count). The first-order valence-electron chi connectivity index (χ1n) is 10.6. The Labute approximate surface area is 192 Å². The predicted octanol–water partition coefficient (Wildman–Crippen LogP) is 4.73. The molecule has 0 aliphatic carbocycles. The maximum atomic E-state index is 13.7. The number of hydrogen-bond acceptors (Lipinski definition) is 6. The van der Waals surface area contributed by atoms with E-state index in [9.17, 15) is 14.0 Å². The summed E-state index contributed by atoms with van der Waals surface area (Å²) in [6.07, 6.45) is 0.0374. The van der Waals surface area contributed by atoms with E-state index in [1.807, 2.05) is 6.92 Å². The van der Waals surface area contributed by atoms with Gasteiger partial charge >= 0.3 is 0 Å². The van der Waals surface area contributed by atoms with Crippen molar-refractivity contribution in [2.24, 2.45) is 0 Å². The number of halogens is 1. The SMILES string of the molecule is COc1ccc(C(=O)CCC(=O)c2ccc(OCCO)c(C)c2)nc1-c1ccc(F)c(C)c1. The average molecular weight is 451 g/mol. The van der Waals surface area contributed by atoms with Crippen LogP contribution in [0.5, 0.6) is 11.5 Å². The molecule has 0 amide bonds. The maximum Gasteiger partial charge on any atom is 0.181 e. The topological polar surface area (TPSA) is 85.7 Å². The number of carbonyl (C=O) groups excluding carboxylic acids is 2. The molecular formula is C26H26FNO5. The van der Waals surface area contributed by atoms with Gasteiger partial charge in [-0.1, -0.05) is 0 Å². The van der Waals surface area contributed by atoms with Crippen molar-refractivity contribution in [3.05, 3.63) is 76.7 Å². The van der Waals surface area contributed by atoms with Crippen molar-refractivity contribution in [2.45, 2.75) is 26.7 Å². The van der Waals surface area contributed by atoms with Crippen LogP contribution in [0.15, 0.2) is 48.5 Å². The van der Waals surface area contributed by atoms with Gasteiger partial charge in [0.15, 0.2) is 11.6 Å². The number of aliphatic hydroxyl groups is 1. The third kappa shape index (κ3) is 5.81. The second-order valence-corrected chi connectivity index (χ2v) is 7.61. The van der Waals surface area contributed by atoms with Crippen LogP contribution in [0.2, 0.25) is 0 Å². The Hall–Kier alpha value is -3.58. The van der Waals surface area contributed by atoms with Gasteiger partial charge in [-0.05, 0) is 73.5 Å². The Bertz CT molecular complexity index is 1180. The number of aliphatic hydroxyl groups excluding tert-OH is 1. The van der Waals surface area contributed by atoms with Gasteiger partial charge in [-0.2, -0.15) is 0 Å². The molecule has 0 atom stereocenters. The molecule has 3 aromatic rings. The van der Waals surface area contributed by atoms with Gasteiger partial charge < -0.3 is 14.6 Å². The first kappa shape index (κ1) is 24.1. The summed E-state index contributed by atoms with van der Waals surface area (Å²) in [5.74, 6) is 0.302. The summed E-state index contributed by atoms with van der Waals surface area (Å²) >= 11 is 0. The summed E-state index contributed by atoms with van der Waals surface area (Å²) in [6, 6.07) is 12.8. The molecule has 2 aromatic carbocycles. The number of ether oxygens (including phenoxy) is 2. The highest BCUT2D eigenvalue weighted by molar-refractivity contribution is 6.01. The van der Waals surface area contributed by atoms with E-state index in [1.54, 1.807) is 49.4 Å². The Morgan fingerprint density at radius 3 is 2.33 bits per heavy atom. The summed E-state index contributed by atoms with van der Waals surface area (Å²) < 4.78 is 24.4. The lowest BCUT2D eigenvalue weighted by atomic mass is 10.0. The molecule has 0 saturated carbocycles. The number of rotatable bonds is 10. The highest BCUT2D eigenvalue weighted by atomic mass is 19.1. The van der Waals surface area contributed by atoms with Crippen LogP contribution in [-0.4, -0.2) is 42.0 Å². The zero-order valence-corrected chi connectivity index (χ0v) is 18.9. The summed E-state index contributed by atoms with van der Waals surface area (Å²) in [5.41, 5.74) is 3.01. The third-order valence-corrected chi connectivity index (χ3v) is 5.22. The summed E-state index contributed by atoms with van der Waals surface area (Å²) in [5, 5.41) is 8.87. The fourth-order valence-electron chi connectivity index (χ4n) is 3.41. The molecule has 1 N–H and O–H groups in total. The number of aryl methyl sites for hydroxylation is 2. The van der Waals surface area contributed by atoms with Crippen LogP contribution >= 0.6 is 0 Å². The predicted molar refractivity (Wildman–Crippen MR) is 123 cm³/mol. The number of methoxy groups -OCH3 is 1. The molecule has 0 bridgehead atoms. The lowest BCUT2D eigenvalue weighted by Gasteiger charge is -2.11. The van der Waals surface area contributed by atoms with Gasteiger partial charge in [-0.25, -0.2) is 9.37 Å². The molecule has 0 fully saturated rings. The van der Waals surface area contributed by atoms with Crippen LogP contribution in [-0.2, 0) is 0 Å². The average Bonchev–Trinajstić information content (AvgIpc) is 2.82. The van der Waals surface area contributed by atoms with Gasteiger partial charge in [0, 0.05) is 24.0 Å². The van der Waals surface area contributed by atoms with Crippen molar-refractivity contribution in [3.8, 4) is 22.8 Å². The monoisotopic (exact) mass is 451 g/mol. The molecule has 33 heavy (non-hydrogen) atoms. The molecule has 0 unspecified atom stereocenters. The minimum atomic E-state index is -0.327. The van der Waals surface area contributed by atoms with E-state index < -0.39 is 0 Å². The number of aromatic nitrogens is 1. The van der Waals surface area contributed by atoms with Crippen LogP contribution in [0.4, 0.5) is 4.39 Å². The zero-order valence-electron chi connectivity index (χ0n) is 18.9. The van der Waals surface area contributed by atoms with Gasteiger partial charge in [-0.15, -0.1) is 0 Å². The van der Waals surface area contributed by atoms with Gasteiger partial charge in [0.25, 0.3) is 0 Å². The van der Waals surface area contributed by atoms with E-state index in [4.69, 9.17) is 14.6 Å².